The van der Waals surface area contributed by atoms with Crippen molar-refractivity contribution in [2.45, 2.75) is 64.3 Å². The number of carbonyl (C=O) groups is 2. The Labute approximate surface area is 149 Å². The van der Waals surface area contributed by atoms with Crippen molar-refractivity contribution in [2.75, 3.05) is 6.54 Å². The minimum atomic E-state index is -0.180. The van der Waals surface area contributed by atoms with Crippen molar-refractivity contribution in [3.63, 3.8) is 0 Å². The molecule has 2 amide bonds. The van der Waals surface area contributed by atoms with Crippen LogP contribution in [0.25, 0.3) is 0 Å². The third kappa shape index (κ3) is 2.80. The number of benzene rings is 1. The second-order valence-corrected chi connectivity index (χ2v) is 9.32. The maximum atomic E-state index is 12.0. The highest BCUT2D eigenvalue weighted by atomic mass is 16.2. The van der Waals surface area contributed by atoms with Gasteiger partial charge in [-0.2, -0.15) is 0 Å². The van der Waals surface area contributed by atoms with Gasteiger partial charge in [-0.3, -0.25) is 14.9 Å². The molecule has 0 bridgehead atoms. The molecule has 3 fully saturated rings. The Bertz CT molecular complexity index is 696. The highest BCUT2D eigenvalue weighted by Crippen LogP contribution is 2.59. The van der Waals surface area contributed by atoms with Gasteiger partial charge >= 0.3 is 0 Å². The van der Waals surface area contributed by atoms with E-state index in [-0.39, 0.29) is 17.7 Å². The Balaban J connectivity index is 1.41. The summed E-state index contributed by atoms with van der Waals surface area (Å²) in [5.74, 6) is 0.156. The van der Waals surface area contributed by atoms with E-state index in [2.05, 4.69) is 55.7 Å². The SMILES string of the molecule is CC(C)(C)C1NCC12CC(c1ccc(C3CCC(=O)NC3=O)cc1)C2. The number of amides is 2. The van der Waals surface area contributed by atoms with Gasteiger partial charge in [0.05, 0.1) is 5.92 Å². The number of hydrogen-bond acceptors (Lipinski definition) is 3. The summed E-state index contributed by atoms with van der Waals surface area (Å²) in [5.41, 5.74) is 3.23. The van der Waals surface area contributed by atoms with Gasteiger partial charge in [-0.15, -0.1) is 0 Å². The van der Waals surface area contributed by atoms with Gasteiger partial charge in [-0.25, -0.2) is 0 Å². The third-order valence-corrected chi connectivity index (χ3v) is 6.49. The number of piperidine rings is 1. The van der Waals surface area contributed by atoms with Crippen LogP contribution in [0.3, 0.4) is 0 Å². The molecule has 4 nitrogen and oxygen atoms in total. The molecule has 0 aromatic heterocycles. The van der Waals surface area contributed by atoms with Crippen LogP contribution in [-0.4, -0.2) is 24.4 Å². The first-order valence-electron chi connectivity index (χ1n) is 9.45. The van der Waals surface area contributed by atoms with Gasteiger partial charge in [0.15, 0.2) is 0 Å². The summed E-state index contributed by atoms with van der Waals surface area (Å²) in [7, 11) is 0. The van der Waals surface area contributed by atoms with Crippen LogP contribution in [0.4, 0.5) is 0 Å². The van der Waals surface area contributed by atoms with Crippen LogP contribution < -0.4 is 10.6 Å². The van der Waals surface area contributed by atoms with Crippen LogP contribution >= 0.6 is 0 Å². The first kappa shape index (κ1) is 16.8. The van der Waals surface area contributed by atoms with Crippen molar-refractivity contribution in [2.24, 2.45) is 10.8 Å². The van der Waals surface area contributed by atoms with Gasteiger partial charge in [0, 0.05) is 19.0 Å². The maximum absolute atomic E-state index is 12.0. The van der Waals surface area contributed by atoms with E-state index in [0.29, 0.717) is 35.6 Å². The largest absolute Gasteiger partial charge is 0.312 e. The molecule has 3 aliphatic rings. The lowest BCUT2D eigenvalue weighted by molar-refractivity contribution is -0.134. The molecule has 2 heterocycles. The van der Waals surface area contributed by atoms with Crippen LogP contribution in [0.1, 0.15) is 69.4 Å². The highest BCUT2D eigenvalue weighted by molar-refractivity contribution is 6.00. The molecule has 2 aliphatic heterocycles. The fourth-order valence-electron chi connectivity index (χ4n) is 5.27. The lowest BCUT2D eigenvalue weighted by atomic mass is 9.49. The molecule has 2 atom stereocenters. The van der Waals surface area contributed by atoms with Crippen LogP contribution in [0.15, 0.2) is 24.3 Å². The molecular formula is C21H28N2O2. The normalized spacial score (nSPS) is 35.1. The second kappa shape index (κ2) is 5.66. The average molecular weight is 340 g/mol. The Morgan fingerprint density at radius 2 is 1.68 bits per heavy atom. The van der Waals surface area contributed by atoms with E-state index in [9.17, 15) is 9.59 Å². The number of hydrogen-bond donors (Lipinski definition) is 2. The Hall–Kier alpha value is -1.68. The van der Waals surface area contributed by atoms with Crippen molar-refractivity contribution in [1.29, 1.82) is 0 Å². The van der Waals surface area contributed by atoms with Gasteiger partial charge in [0.2, 0.25) is 11.8 Å². The molecule has 134 valence electrons. The Morgan fingerprint density at radius 1 is 1.04 bits per heavy atom. The summed E-state index contributed by atoms with van der Waals surface area (Å²) in [6.07, 6.45) is 3.58. The van der Waals surface area contributed by atoms with E-state index in [1.807, 2.05) is 0 Å². The zero-order chi connectivity index (χ0) is 17.8. The van der Waals surface area contributed by atoms with Gasteiger partial charge < -0.3 is 5.32 Å². The zero-order valence-corrected chi connectivity index (χ0v) is 15.4. The Kier molecular flexibility index (Phi) is 3.80. The predicted molar refractivity (Wildman–Crippen MR) is 97.2 cm³/mol. The predicted octanol–water partition coefficient (Wildman–Crippen LogP) is 3.09. The van der Waals surface area contributed by atoms with E-state index >= 15 is 0 Å². The molecule has 2 unspecified atom stereocenters. The summed E-state index contributed by atoms with van der Waals surface area (Å²) in [4.78, 5) is 23.3. The molecule has 0 radical (unpaired) electrons. The fourth-order valence-corrected chi connectivity index (χ4v) is 5.27. The van der Waals surface area contributed by atoms with E-state index in [1.54, 1.807) is 0 Å². The minimum Gasteiger partial charge on any atom is -0.312 e. The first-order valence-corrected chi connectivity index (χ1v) is 9.45. The van der Waals surface area contributed by atoms with Gasteiger partial charge in [-0.1, -0.05) is 45.0 Å². The number of carbonyl (C=O) groups excluding carboxylic acids is 2. The van der Waals surface area contributed by atoms with Crippen LogP contribution in [0.2, 0.25) is 0 Å². The standard InChI is InChI=1S/C21H28N2O2/c1-20(2,3)19-21(12-22-19)10-15(11-21)13-4-6-14(7-5-13)16-8-9-17(24)23-18(16)25/h4-7,15-16,19,22H,8-12H2,1-3H3,(H,23,24,25). The van der Waals surface area contributed by atoms with E-state index < -0.39 is 0 Å². The summed E-state index contributed by atoms with van der Waals surface area (Å²) < 4.78 is 0. The van der Waals surface area contributed by atoms with E-state index in [4.69, 9.17) is 0 Å². The van der Waals surface area contributed by atoms with Crippen molar-refractivity contribution >= 4 is 11.8 Å². The molecule has 1 spiro atoms. The molecule has 1 aromatic rings. The fraction of sp³-hybridized carbons (Fsp3) is 0.619. The van der Waals surface area contributed by atoms with E-state index in [1.165, 1.54) is 18.4 Å². The quantitative estimate of drug-likeness (QED) is 0.814. The number of imide groups is 1. The lowest BCUT2D eigenvalue weighted by Gasteiger charge is -2.64. The smallest absolute Gasteiger partial charge is 0.234 e. The highest BCUT2D eigenvalue weighted by Gasteiger charge is 2.58. The van der Waals surface area contributed by atoms with Crippen LogP contribution in [0, 0.1) is 10.8 Å². The molecule has 2 saturated heterocycles. The van der Waals surface area contributed by atoms with Crippen molar-refractivity contribution in [3.05, 3.63) is 35.4 Å². The molecule has 4 heteroatoms. The molecule has 1 saturated carbocycles. The summed E-state index contributed by atoms with van der Waals surface area (Å²) in [6.45, 7) is 8.13. The number of rotatable bonds is 2. The molecule has 1 aliphatic carbocycles. The Morgan fingerprint density at radius 3 is 2.20 bits per heavy atom. The maximum Gasteiger partial charge on any atom is 0.234 e. The van der Waals surface area contributed by atoms with Crippen molar-refractivity contribution in [3.8, 4) is 0 Å². The summed E-state index contributed by atoms with van der Waals surface area (Å²) >= 11 is 0. The third-order valence-electron chi connectivity index (χ3n) is 6.49. The first-order chi connectivity index (χ1) is 11.8. The minimum absolute atomic E-state index is 0.153. The second-order valence-electron chi connectivity index (χ2n) is 9.32. The number of nitrogens with one attached hydrogen (secondary N) is 2. The van der Waals surface area contributed by atoms with Crippen molar-refractivity contribution in [1.82, 2.24) is 10.6 Å². The van der Waals surface area contributed by atoms with Gasteiger partial charge in [-0.05, 0) is 47.1 Å². The molecule has 1 aromatic carbocycles. The van der Waals surface area contributed by atoms with Crippen molar-refractivity contribution < 1.29 is 9.59 Å². The van der Waals surface area contributed by atoms with Gasteiger partial charge in [0.25, 0.3) is 0 Å². The average Bonchev–Trinajstić information content (AvgIpc) is 2.44. The molecule has 4 rings (SSSR count). The molecule has 2 N–H and O–H groups in total. The molecular weight excluding hydrogens is 312 g/mol. The van der Waals surface area contributed by atoms with Gasteiger partial charge in [0.1, 0.15) is 0 Å². The van der Waals surface area contributed by atoms with Crippen LogP contribution in [0.5, 0.6) is 0 Å². The lowest BCUT2D eigenvalue weighted by Crippen LogP contribution is -2.71. The van der Waals surface area contributed by atoms with E-state index in [0.717, 1.165) is 12.1 Å². The summed E-state index contributed by atoms with van der Waals surface area (Å²) in [5, 5.41) is 6.09. The van der Waals surface area contributed by atoms with Crippen LogP contribution in [-0.2, 0) is 9.59 Å². The summed E-state index contributed by atoms with van der Waals surface area (Å²) in [6, 6.07) is 9.17. The molecule has 25 heavy (non-hydrogen) atoms. The monoisotopic (exact) mass is 340 g/mol. The topological polar surface area (TPSA) is 58.2 Å². The zero-order valence-electron chi connectivity index (χ0n) is 15.4.